The van der Waals surface area contributed by atoms with Crippen molar-refractivity contribution in [3.05, 3.63) is 137 Å². The summed E-state index contributed by atoms with van der Waals surface area (Å²) in [6, 6.07) is 33.1. The summed E-state index contributed by atoms with van der Waals surface area (Å²) >= 11 is 2.65. The van der Waals surface area contributed by atoms with Gasteiger partial charge in [0.2, 0.25) is 5.78 Å². The Labute approximate surface area is 281 Å². The van der Waals surface area contributed by atoms with Crippen molar-refractivity contribution in [3.8, 4) is 0 Å². The molecular weight excluding hydrogens is 639 g/mol. The molecule has 0 bridgehead atoms. The van der Waals surface area contributed by atoms with Gasteiger partial charge in [-0.3, -0.25) is 19.5 Å². The summed E-state index contributed by atoms with van der Waals surface area (Å²) in [6.07, 6.45) is 2.02. The SMILES string of the molecule is O=C1C(=O)C2(c3nc4ccccc4s3)C(=CC(O)=C(c3cc4ccccc4[nH]3)C2C2=Nc3ccccc3C2)N1c1nsc2ccccc12. The van der Waals surface area contributed by atoms with Crippen molar-refractivity contribution < 1.29 is 14.7 Å². The second kappa shape index (κ2) is 9.90. The molecule has 0 saturated carbocycles. The average molecular weight is 662 g/mol. The molecule has 8 nitrogen and oxygen atoms in total. The van der Waals surface area contributed by atoms with Gasteiger partial charge in [-0.15, -0.1) is 11.3 Å². The van der Waals surface area contributed by atoms with Gasteiger partial charge in [0.15, 0.2) is 5.82 Å². The van der Waals surface area contributed by atoms with Gasteiger partial charge in [-0.25, -0.2) is 4.98 Å². The number of nitrogens with zero attached hydrogens (tertiary/aromatic N) is 4. The van der Waals surface area contributed by atoms with Crippen molar-refractivity contribution in [3.63, 3.8) is 0 Å². The Morgan fingerprint density at radius 2 is 1.67 bits per heavy atom. The third kappa shape index (κ3) is 3.61. The Balaban J connectivity index is 1.32. The van der Waals surface area contributed by atoms with E-state index in [9.17, 15) is 9.90 Å². The molecule has 1 fully saturated rings. The van der Waals surface area contributed by atoms with Gasteiger partial charge in [0.1, 0.15) is 16.2 Å². The number of aliphatic imine (C=N–C) groups is 1. The second-order valence-electron chi connectivity index (χ2n) is 12.2. The molecule has 0 radical (unpaired) electrons. The molecule has 48 heavy (non-hydrogen) atoms. The Hall–Kier alpha value is -5.71. The number of hydrogen-bond donors (Lipinski definition) is 2. The predicted molar refractivity (Wildman–Crippen MR) is 190 cm³/mol. The molecule has 3 aliphatic rings. The van der Waals surface area contributed by atoms with Gasteiger partial charge >= 0.3 is 5.91 Å². The molecule has 10 rings (SSSR count). The number of carbonyl (C=O) groups excluding carboxylic acids is 2. The number of ketones is 1. The first-order chi connectivity index (χ1) is 23.5. The first-order valence-corrected chi connectivity index (χ1v) is 17.1. The molecular formula is C38H23N5O3S2. The lowest BCUT2D eigenvalue weighted by molar-refractivity contribution is -0.136. The van der Waals surface area contributed by atoms with E-state index in [0.29, 0.717) is 39.9 Å². The van der Waals surface area contributed by atoms with E-state index in [1.165, 1.54) is 27.8 Å². The molecule has 2 aliphatic heterocycles. The minimum Gasteiger partial charge on any atom is -0.507 e. The number of allylic oxidation sites excluding steroid dienone is 3. The number of benzene rings is 4. The van der Waals surface area contributed by atoms with Crippen LogP contribution in [0.4, 0.5) is 11.5 Å². The highest BCUT2D eigenvalue weighted by atomic mass is 32.1. The molecule has 4 aromatic carbocycles. The van der Waals surface area contributed by atoms with Gasteiger partial charge in [0.05, 0.1) is 32.2 Å². The normalized spacial score (nSPS) is 20.6. The van der Waals surface area contributed by atoms with Gasteiger partial charge < -0.3 is 10.1 Å². The highest BCUT2D eigenvalue weighted by Crippen LogP contribution is 2.58. The van der Waals surface area contributed by atoms with Gasteiger partial charge in [-0.05, 0) is 64.9 Å². The van der Waals surface area contributed by atoms with Crippen molar-refractivity contribution in [2.45, 2.75) is 11.8 Å². The summed E-state index contributed by atoms with van der Waals surface area (Å²) in [5.41, 5.74) is 3.93. The number of rotatable bonds is 4. The molecule has 1 saturated heterocycles. The van der Waals surface area contributed by atoms with Crippen LogP contribution in [0.5, 0.6) is 0 Å². The molecule has 10 heteroatoms. The zero-order chi connectivity index (χ0) is 32.1. The lowest BCUT2D eigenvalue weighted by Crippen LogP contribution is -2.48. The van der Waals surface area contributed by atoms with E-state index in [4.69, 9.17) is 14.3 Å². The molecule has 2 unspecified atom stereocenters. The van der Waals surface area contributed by atoms with E-state index in [1.54, 1.807) is 6.08 Å². The highest BCUT2D eigenvalue weighted by Gasteiger charge is 2.67. The lowest BCUT2D eigenvalue weighted by Gasteiger charge is -2.39. The number of nitrogens with one attached hydrogen (secondary N) is 1. The van der Waals surface area contributed by atoms with Gasteiger partial charge in [-0.2, -0.15) is 4.37 Å². The summed E-state index contributed by atoms with van der Waals surface area (Å²) in [7, 11) is 0. The van der Waals surface area contributed by atoms with Gasteiger partial charge in [-0.1, -0.05) is 60.7 Å². The first-order valence-electron chi connectivity index (χ1n) is 15.5. The summed E-state index contributed by atoms with van der Waals surface area (Å²) < 4.78 is 6.48. The molecule has 5 heterocycles. The fourth-order valence-corrected chi connectivity index (χ4v) is 9.53. The molecule has 1 aliphatic carbocycles. The van der Waals surface area contributed by atoms with Crippen molar-refractivity contribution in [2.24, 2.45) is 10.9 Å². The van der Waals surface area contributed by atoms with E-state index >= 15 is 4.79 Å². The number of para-hydroxylation sites is 3. The van der Waals surface area contributed by atoms with Crippen LogP contribution in [0.2, 0.25) is 0 Å². The maximum absolute atomic E-state index is 15.2. The number of amides is 1. The van der Waals surface area contributed by atoms with Crippen LogP contribution in [0.15, 0.2) is 126 Å². The number of aromatic nitrogens is 3. The van der Waals surface area contributed by atoms with Crippen LogP contribution in [0.3, 0.4) is 0 Å². The zero-order valence-corrected chi connectivity index (χ0v) is 26.7. The number of fused-ring (bicyclic) bond motifs is 5. The topological polar surface area (TPSA) is 112 Å². The second-order valence-corrected chi connectivity index (χ2v) is 14.0. The third-order valence-corrected chi connectivity index (χ3v) is 11.6. The quantitative estimate of drug-likeness (QED) is 0.186. The smallest absolute Gasteiger partial charge is 0.301 e. The third-order valence-electron chi connectivity index (χ3n) is 9.65. The number of aliphatic hydroxyl groups is 1. The Kier molecular flexibility index (Phi) is 5.65. The molecule has 0 spiro atoms. The minimum atomic E-state index is -1.63. The maximum Gasteiger partial charge on any atom is 0.301 e. The van der Waals surface area contributed by atoms with Crippen LogP contribution in [0, 0.1) is 5.92 Å². The van der Waals surface area contributed by atoms with Gasteiger partial charge in [0.25, 0.3) is 0 Å². The molecule has 2 atom stereocenters. The Morgan fingerprint density at radius 3 is 2.52 bits per heavy atom. The summed E-state index contributed by atoms with van der Waals surface area (Å²) in [5.74, 6) is -1.91. The van der Waals surface area contributed by atoms with Gasteiger partial charge in [0, 0.05) is 40.4 Å². The first kappa shape index (κ1) is 27.4. The number of anilines is 1. The average Bonchev–Trinajstić information content (AvgIpc) is 3.93. The Bertz CT molecular complexity index is 2580. The molecule has 7 aromatic rings. The number of H-pyrrole nitrogens is 1. The van der Waals surface area contributed by atoms with E-state index < -0.39 is 23.0 Å². The summed E-state index contributed by atoms with van der Waals surface area (Å²) in [4.78, 5) is 44.9. The number of thiazole rings is 1. The van der Waals surface area contributed by atoms with Crippen molar-refractivity contribution in [1.29, 1.82) is 0 Å². The number of Topliss-reactive ketones (excluding diaryl/α,β-unsaturated/α-hetero) is 1. The summed E-state index contributed by atoms with van der Waals surface area (Å²) in [5, 5.41) is 14.4. The van der Waals surface area contributed by atoms with Crippen LogP contribution >= 0.6 is 22.9 Å². The van der Waals surface area contributed by atoms with Crippen LogP contribution in [-0.4, -0.2) is 36.9 Å². The van der Waals surface area contributed by atoms with Crippen molar-refractivity contribution >= 4 is 88.6 Å². The maximum atomic E-state index is 15.2. The zero-order valence-electron chi connectivity index (χ0n) is 25.0. The van der Waals surface area contributed by atoms with Crippen molar-refractivity contribution in [2.75, 3.05) is 4.90 Å². The fourth-order valence-electron chi connectivity index (χ4n) is 7.57. The van der Waals surface area contributed by atoms with E-state index in [2.05, 4.69) is 4.98 Å². The molecule has 230 valence electrons. The van der Waals surface area contributed by atoms with Crippen molar-refractivity contribution in [1.82, 2.24) is 14.3 Å². The summed E-state index contributed by atoms with van der Waals surface area (Å²) in [6.45, 7) is 0. The fraction of sp³-hybridized carbons (Fsp3) is 0.0789. The van der Waals surface area contributed by atoms with Crippen LogP contribution < -0.4 is 4.90 Å². The lowest BCUT2D eigenvalue weighted by atomic mass is 9.62. The van der Waals surface area contributed by atoms with E-state index in [-0.39, 0.29) is 5.76 Å². The number of aromatic amines is 1. The molecule has 1 amide bonds. The monoisotopic (exact) mass is 661 g/mol. The highest BCUT2D eigenvalue weighted by molar-refractivity contribution is 7.19. The standard InChI is InChI=1S/C38H23N5O3S2/c44-28-19-31-38(37-41-25-14-6-8-16-30(25)47-37,34(45)36(46)43(31)35-22-11-3-7-15-29(22)48-42-35)33(27-18-21-10-2-5-13-24(21)40-27)32(28)26-17-20-9-1-4-12-23(20)39-26/h1-17,19,33,39,44H,18H2. The molecule has 3 aromatic heterocycles. The molecule has 2 N–H and O–H groups in total. The van der Waals surface area contributed by atoms with Crippen LogP contribution in [0.25, 0.3) is 36.8 Å². The predicted octanol–water partition coefficient (Wildman–Crippen LogP) is 8.05. The number of aliphatic hydroxyl groups excluding tert-OH is 1. The van der Waals surface area contributed by atoms with Crippen LogP contribution in [-0.2, 0) is 21.4 Å². The number of carbonyl (C=O) groups is 2. The minimum absolute atomic E-state index is 0.0519. The Morgan fingerprint density at radius 1 is 0.896 bits per heavy atom. The van der Waals surface area contributed by atoms with Crippen LogP contribution in [0.1, 0.15) is 16.3 Å². The number of hydrogen-bond acceptors (Lipinski definition) is 8. The largest absolute Gasteiger partial charge is 0.507 e. The van der Waals surface area contributed by atoms with E-state index in [0.717, 1.165) is 42.5 Å². The van der Waals surface area contributed by atoms with E-state index in [1.807, 2.05) is 103 Å².